The molecule has 11 heavy (non-hydrogen) atoms. The zero-order valence-corrected chi connectivity index (χ0v) is 7.45. The third-order valence-corrected chi connectivity index (χ3v) is 2.08. The molecule has 0 aromatic heterocycles. The molecule has 1 N–H and O–H groups in total. The third kappa shape index (κ3) is 1.17. The molecule has 2 nitrogen and oxygen atoms in total. The van der Waals surface area contributed by atoms with Crippen molar-refractivity contribution in [2.75, 3.05) is 7.05 Å². The van der Waals surface area contributed by atoms with Crippen molar-refractivity contribution < 1.29 is 0 Å². The lowest BCUT2D eigenvalue weighted by atomic mass is 10.1. The first-order valence-electron chi connectivity index (χ1n) is 3.64. The highest BCUT2D eigenvalue weighted by atomic mass is 15.1. The van der Waals surface area contributed by atoms with Crippen molar-refractivity contribution in [1.29, 1.82) is 5.41 Å². The van der Waals surface area contributed by atoms with E-state index < -0.39 is 0 Å². The zero-order valence-electron chi connectivity index (χ0n) is 7.45. The maximum Gasteiger partial charge on any atom is 0.200 e. The van der Waals surface area contributed by atoms with E-state index in [2.05, 4.69) is 6.20 Å². The highest BCUT2D eigenvalue weighted by Gasteiger charge is 2.27. The second-order valence-corrected chi connectivity index (χ2v) is 2.88. The van der Waals surface area contributed by atoms with Gasteiger partial charge in [0.05, 0.1) is 0 Å². The van der Waals surface area contributed by atoms with Gasteiger partial charge in [-0.3, -0.25) is 5.41 Å². The van der Waals surface area contributed by atoms with Crippen molar-refractivity contribution in [2.24, 2.45) is 0 Å². The smallest absolute Gasteiger partial charge is 0.200 e. The van der Waals surface area contributed by atoms with Crippen LogP contribution in [-0.4, -0.2) is 17.7 Å². The minimum absolute atomic E-state index is 0.589. The second-order valence-electron chi connectivity index (χ2n) is 2.88. The van der Waals surface area contributed by atoms with Crippen LogP contribution in [0.5, 0.6) is 0 Å². The topological polar surface area (TPSA) is 27.1 Å². The Morgan fingerprint density at radius 1 is 1.45 bits per heavy atom. The maximum absolute atomic E-state index is 7.44. The Balaban J connectivity index is 3.04. The van der Waals surface area contributed by atoms with Crippen LogP contribution in [0.2, 0.25) is 0 Å². The van der Waals surface area contributed by atoms with E-state index >= 15 is 0 Å². The summed E-state index contributed by atoms with van der Waals surface area (Å²) in [6.45, 7) is 5.86. The van der Waals surface area contributed by atoms with Crippen molar-refractivity contribution in [3.8, 4) is 0 Å². The molecule has 58 valence electrons. The Morgan fingerprint density at radius 2 is 2.00 bits per heavy atom. The predicted molar refractivity (Wildman–Crippen MR) is 46.3 cm³/mol. The molecule has 1 aliphatic rings. The van der Waals surface area contributed by atoms with Crippen LogP contribution in [-0.2, 0) is 0 Å². The van der Waals surface area contributed by atoms with Crippen LogP contribution >= 0.6 is 0 Å². The van der Waals surface area contributed by atoms with E-state index in [1.165, 1.54) is 11.3 Å². The summed E-state index contributed by atoms with van der Waals surface area (Å²) in [5, 5.41) is 7.44. The molecule has 0 saturated carbocycles. The average molecular weight is 149 g/mol. The molecule has 0 aromatic rings. The summed E-state index contributed by atoms with van der Waals surface area (Å²) in [5.74, 6) is 0. The van der Waals surface area contributed by atoms with Crippen LogP contribution in [0.3, 0.4) is 0 Å². The Kier molecular flexibility index (Phi) is 1.79. The first-order valence-corrected chi connectivity index (χ1v) is 3.64. The van der Waals surface area contributed by atoms with Gasteiger partial charge in [0.15, 0.2) is 5.57 Å². The average Bonchev–Trinajstić information content (AvgIpc) is 2.17. The van der Waals surface area contributed by atoms with Crippen molar-refractivity contribution in [3.05, 3.63) is 23.0 Å². The molecule has 1 rings (SSSR count). The van der Waals surface area contributed by atoms with Crippen LogP contribution in [0, 0.1) is 11.6 Å². The number of hydrogen-bond acceptors (Lipinski definition) is 2. The molecule has 1 aliphatic heterocycles. The fourth-order valence-corrected chi connectivity index (χ4v) is 1.13. The Morgan fingerprint density at radius 3 is 2.18 bits per heavy atom. The number of rotatable bonds is 1. The highest BCUT2D eigenvalue weighted by Crippen LogP contribution is 2.24. The van der Waals surface area contributed by atoms with Gasteiger partial charge in [0, 0.05) is 27.8 Å². The Bertz CT molecular complexity index is 259. The SMILES string of the molecule is CC(=N)C1=[C+]N(C)C(C)=C1C. The fourth-order valence-electron chi connectivity index (χ4n) is 1.13. The van der Waals surface area contributed by atoms with Gasteiger partial charge >= 0.3 is 0 Å². The van der Waals surface area contributed by atoms with Gasteiger partial charge in [-0.25, -0.2) is 4.90 Å². The third-order valence-electron chi connectivity index (χ3n) is 2.08. The van der Waals surface area contributed by atoms with Crippen LogP contribution in [0.4, 0.5) is 0 Å². The molecule has 2 heteroatoms. The molecular weight excluding hydrogens is 136 g/mol. The lowest BCUT2D eigenvalue weighted by Crippen LogP contribution is -2.04. The van der Waals surface area contributed by atoms with Gasteiger partial charge in [0.2, 0.25) is 0 Å². The molecule has 0 bridgehead atoms. The molecule has 0 unspecified atom stereocenters. The van der Waals surface area contributed by atoms with Gasteiger partial charge < -0.3 is 0 Å². The van der Waals surface area contributed by atoms with Crippen molar-refractivity contribution in [3.63, 3.8) is 0 Å². The standard InChI is InChI=1S/C9H13N2/c1-6-8(3)11(4)5-9(6)7(2)10/h10H,1-4H3/q+1. The highest BCUT2D eigenvalue weighted by molar-refractivity contribution is 5.99. The molecule has 0 aromatic carbocycles. The zero-order chi connectivity index (χ0) is 8.59. The first kappa shape index (κ1) is 7.96. The number of nitrogens with zero attached hydrogens (tertiary/aromatic N) is 1. The number of hydrogen-bond donors (Lipinski definition) is 1. The summed E-state index contributed by atoms with van der Waals surface area (Å²) >= 11 is 0. The fraction of sp³-hybridized carbons (Fsp3) is 0.444. The minimum atomic E-state index is 0.589. The largest absolute Gasteiger partial charge is 0.255 e. The van der Waals surface area contributed by atoms with Crippen LogP contribution < -0.4 is 0 Å². The van der Waals surface area contributed by atoms with Gasteiger partial charge in [-0.15, -0.1) is 0 Å². The molecule has 0 radical (unpaired) electrons. The lowest BCUT2D eigenvalue weighted by molar-refractivity contribution is 0.557. The molecular formula is C9H13N2+. The monoisotopic (exact) mass is 149 g/mol. The van der Waals surface area contributed by atoms with Gasteiger partial charge in [-0.05, 0) is 0 Å². The van der Waals surface area contributed by atoms with Gasteiger partial charge in [-0.2, -0.15) is 0 Å². The molecule has 0 spiro atoms. The van der Waals surface area contributed by atoms with E-state index in [4.69, 9.17) is 5.41 Å². The first-order chi connectivity index (χ1) is 5.04. The Labute approximate surface area is 67.7 Å². The van der Waals surface area contributed by atoms with Gasteiger partial charge in [0.1, 0.15) is 23.2 Å². The lowest BCUT2D eigenvalue weighted by Gasteiger charge is -1.97. The minimum Gasteiger partial charge on any atom is -0.255 e. The molecule has 0 amide bonds. The van der Waals surface area contributed by atoms with Crippen molar-refractivity contribution >= 4 is 5.71 Å². The number of allylic oxidation sites excluding steroid dienone is 3. The van der Waals surface area contributed by atoms with E-state index in [1.807, 2.05) is 25.8 Å². The summed E-state index contributed by atoms with van der Waals surface area (Å²) in [6.07, 6.45) is 3.10. The van der Waals surface area contributed by atoms with E-state index in [9.17, 15) is 0 Å². The van der Waals surface area contributed by atoms with Gasteiger partial charge in [0.25, 0.3) is 0 Å². The summed E-state index contributed by atoms with van der Waals surface area (Å²) < 4.78 is 0. The van der Waals surface area contributed by atoms with Gasteiger partial charge in [-0.1, -0.05) is 0 Å². The number of nitrogens with one attached hydrogen (secondary N) is 1. The summed E-state index contributed by atoms with van der Waals surface area (Å²) in [7, 11) is 1.95. The summed E-state index contributed by atoms with van der Waals surface area (Å²) in [5.41, 5.74) is 3.88. The molecule has 0 fully saturated rings. The second kappa shape index (κ2) is 2.48. The summed E-state index contributed by atoms with van der Waals surface area (Å²) in [6, 6.07) is 0. The predicted octanol–water partition coefficient (Wildman–Crippen LogP) is 1.95. The molecule has 0 aliphatic carbocycles. The van der Waals surface area contributed by atoms with Crippen molar-refractivity contribution in [2.45, 2.75) is 20.8 Å². The van der Waals surface area contributed by atoms with E-state index in [1.54, 1.807) is 6.92 Å². The molecule has 0 saturated heterocycles. The summed E-state index contributed by atoms with van der Waals surface area (Å²) in [4.78, 5) is 1.93. The van der Waals surface area contributed by atoms with E-state index in [0.717, 1.165) is 5.57 Å². The van der Waals surface area contributed by atoms with E-state index in [0.29, 0.717) is 5.71 Å². The quantitative estimate of drug-likeness (QED) is 0.447. The van der Waals surface area contributed by atoms with Crippen LogP contribution in [0.25, 0.3) is 0 Å². The maximum atomic E-state index is 7.44. The van der Waals surface area contributed by atoms with Crippen molar-refractivity contribution in [1.82, 2.24) is 4.90 Å². The van der Waals surface area contributed by atoms with Crippen LogP contribution in [0.1, 0.15) is 20.8 Å². The normalized spacial score (nSPS) is 16.7. The Hall–Kier alpha value is -1.14. The molecule has 0 atom stereocenters. The molecule has 1 heterocycles. The van der Waals surface area contributed by atoms with Crippen LogP contribution in [0.15, 0.2) is 16.8 Å². The van der Waals surface area contributed by atoms with E-state index in [-0.39, 0.29) is 0 Å².